The van der Waals surface area contributed by atoms with Crippen molar-refractivity contribution in [3.05, 3.63) is 36.4 Å². The van der Waals surface area contributed by atoms with Crippen LogP contribution in [0, 0.1) is 0 Å². The van der Waals surface area contributed by atoms with Crippen molar-refractivity contribution in [2.24, 2.45) is 0 Å². The third kappa shape index (κ3) is 3.38. The van der Waals surface area contributed by atoms with Crippen molar-refractivity contribution in [3.8, 4) is 0 Å². The zero-order chi connectivity index (χ0) is 13.7. The second-order valence-electron chi connectivity index (χ2n) is 3.77. The van der Waals surface area contributed by atoms with E-state index in [0.29, 0.717) is 17.8 Å². The SMILES string of the molecule is CCC(=O)Nc1cccc(NC(=O)c2ncn[nH]2)c1. The van der Waals surface area contributed by atoms with E-state index in [-0.39, 0.29) is 11.7 Å². The zero-order valence-electron chi connectivity index (χ0n) is 10.3. The Bertz CT molecular complexity index is 580. The predicted octanol–water partition coefficient (Wildman–Crippen LogP) is 1.41. The summed E-state index contributed by atoms with van der Waals surface area (Å²) in [4.78, 5) is 26.8. The Morgan fingerprint density at radius 2 is 2.00 bits per heavy atom. The molecule has 0 aliphatic heterocycles. The first kappa shape index (κ1) is 12.7. The maximum Gasteiger partial charge on any atom is 0.292 e. The summed E-state index contributed by atoms with van der Waals surface area (Å²) in [5, 5.41) is 11.4. The van der Waals surface area contributed by atoms with Gasteiger partial charge in [0.15, 0.2) is 0 Å². The van der Waals surface area contributed by atoms with Gasteiger partial charge in [-0.2, -0.15) is 5.10 Å². The van der Waals surface area contributed by atoms with Gasteiger partial charge in [0.2, 0.25) is 11.7 Å². The molecule has 2 aromatic rings. The molecule has 0 bridgehead atoms. The summed E-state index contributed by atoms with van der Waals surface area (Å²) < 4.78 is 0. The number of hydrogen-bond donors (Lipinski definition) is 3. The Hall–Kier alpha value is -2.70. The molecule has 2 rings (SSSR count). The minimum absolute atomic E-state index is 0.0845. The Labute approximate surface area is 109 Å². The molecule has 0 radical (unpaired) electrons. The molecule has 1 aromatic heterocycles. The van der Waals surface area contributed by atoms with Crippen molar-refractivity contribution < 1.29 is 9.59 Å². The molecule has 1 heterocycles. The van der Waals surface area contributed by atoms with Gasteiger partial charge in [-0.1, -0.05) is 13.0 Å². The summed E-state index contributed by atoms with van der Waals surface area (Å²) in [6.07, 6.45) is 1.65. The van der Waals surface area contributed by atoms with E-state index >= 15 is 0 Å². The second kappa shape index (κ2) is 5.76. The maximum atomic E-state index is 11.7. The van der Waals surface area contributed by atoms with Crippen LogP contribution in [-0.4, -0.2) is 27.0 Å². The number of carbonyl (C=O) groups is 2. The van der Waals surface area contributed by atoms with E-state index in [1.165, 1.54) is 6.33 Å². The molecule has 19 heavy (non-hydrogen) atoms. The molecular formula is C12H13N5O2. The summed E-state index contributed by atoms with van der Waals surface area (Å²) in [7, 11) is 0. The number of nitrogens with one attached hydrogen (secondary N) is 3. The lowest BCUT2D eigenvalue weighted by molar-refractivity contribution is -0.115. The monoisotopic (exact) mass is 259 g/mol. The van der Waals surface area contributed by atoms with Crippen LogP contribution in [0.4, 0.5) is 11.4 Å². The lowest BCUT2D eigenvalue weighted by atomic mass is 10.2. The average molecular weight is 259 g/mol. The van der Waals surface area contributed by atoms with Crippen molar-refractivity contribution in [2.45, 2.75) is 13.3 Å². The number of benzene rings is 1. The van der Waals surface area contributed by atoms with Crippen molar-refractivity contribution in [1.29, 1.82) is 0 Å². The summed E-state index contributed by atoms with van der Waals surface area (Å²) in [6, 6.07) is 6.87. The van der Waals surface area contributed by atoms with E-state index in [2.05, 4.69) is 25.8 Å². The third-order valence-electron chi connectivity index (χ3n) is 2.36. The molecule has 98 valence electrons. The average Bonchev–Trinajstić information content (AvgIpc) is 2.93. The number of anilines is 2. The molecule has 1 aromatic carbocycles. The van der Waals surface area contributed by atoms with Crippen molar-refractivity contribution >= 4 is 23.2 Å². The minimum atomic E-state index is -0.392. The van der Waals surface area contributed by atoms with Gasteiger partial charge in [0.1, 0.15) is 6.33 Å². The van der Waals surface area contributed by atoms with Gasteiger partial charge >= 0.3 is 0 Å². The number of aromatic amines is 1. The number of carbonyl (C=O) groups excluding carboxylic acids is 2. The molecule has 0 aliphatic rings. The van der Waals surface area contributed by atoms with Gasteiger partial charge in [-0.15, -0.1) is 0 Å². The predicted molar refractivity (Wildman–Crippen MR) is 69.7 cm³/mol. The maximum absolute atomic E-state index is 11.7. The molecular weight excluding hydrogens is 246 g/mol. The fraction of sp³-hybridized carbons (Fsp3) is 0.167. The Morgan fingerprint density at radius 1 is 1.26 bits per heavy atom. The lowest BCUT2D eigenvalue weighted by Crippen LogP contribution is -2.14. The highest BCUT2D eigenvalue weighted by Crippen LogP contribution is 2.15. The Morgan fingerprint density at radius 3 is 2.63 bits per heavy atom. The molecule has 0 unspecified atom stereocenters. The molecule has 0 fully saturated rings. The van der Waals surface area contributed by atoms with Crippen molar-refractivity contribution in [1.82, 2.24) is 15.2 Å². The molecule has 0 atom stereocenters. The number of aromatic nitrogens is 3. The summed E-state index contributed by atoms with van der Waals surface area (Å²) in [5.74, 6) is -0.349. The quantitative estimate of drug-likeness (QED) is 0.772. The fourth-order valence-electron chi connectivity index (χ4n) is 1.43. The summed E-state index contributed by atoms with van der Waals surface area (Å²) in [5.41, 5.74) is 1.19. The van der Waals surface area contributed by atoms with Gasteiger partial charge < -0.3 is 10.6 Å². The van der Waals surface area contributed by atoms with Crippen molar-refractivity contribution in [2.75, 3.05) is 10.6 Å². The molecule has 3 N–H and O–H groups in total. The van der Waals surface area contributed by atoms with E-state index in [1.54, 1.807) is 31.2 Å². The molecule has 0 aliphatic carbocycles. The number of rotatable bonds is 4. The molecule has 2 amide bonds. The van der Waals surface area contributed by atoms with Crippen LogP contribution < -0.4 is 10.6 Å². The van der Waals surface area contributed by atoms with E-state index in [4.69, 9.17) is 0 Å². The molecule has 0 saturated heterocycles. The van der Waals surface area contributed by atoms with Crippen LogP contribution in [0.15, 0.2) is 30.6 Å². The summed E-state index contributed by atoms with van der Waals surface area (Å²) in [6.45, 7) is 1.77. The van der Waals surface area contributed by atoms with Crippen LogP contribution in [0.1, 0.15) is 24.0 Å². The number of amides is 2. The van der Waals surface area contributed by atoms with Gasteiger partial charge in [-0.25, -0.2) is 4.98 Å². The fourth-order valence-corrected chi connectivity index (χ4v) is 1.43. The van der Waals surface area contributed by atoms with Gasteiger partial charge in [0.25, 0.3) is 5.91 Å². The molecule has 7 nitrogen and oxygen atoms in total. The first-order valence-corrected chi connectivity index (χ1v) is 5.75. The van der Waals surface area contributed by atoms with Crippen LogP contribution in [0.5, 0.6) is 0 Å². The van der Waals surface area contributed by atoms with Crippen LogP contribution in [0.2, 0.25) is 0 Å². The highest BCUT2D eigenvalue weighted by atomic mass is 16.2. The van der Waals surface area contributed by atoms with Gasteiger partial charge in [0, 0.05) is 17.8 Å². The lowest BCUT2D eigenvalue weighted by Gasteiger charge is -2.07. The number of nitrogens with zero attached hydrogens (tertiary/aromatic N) is 2. The normalized spacial score (nSPS) is 9.95. The minimum Gasteiger partial charge on any atom is -0.326 e. The second-order valence-corrected chi connectivity index (χ2v) is 3.77. The topological polar surface area (TPSA) is 99.8 Å². The zero-order valence-corrected chi connectivity index (χ0v) is 10.3. The van der Waals surface area contributed by atoms with E-state index in [0.717, 1.165) is 0 Å². The van der Waals surface area contributed by atoms with Crippen LogP contribution in [-0.2, 0) is 4.79 Å². The molecule has 7 heteroatoms. The third-order valence-corrected chi connectivity index (χ3v) is 2.36. The number of H-pyrrole nitrogens is 1. The van der Waals surface area contributed by atoms with E-state index in [9.17, 15) is 9.59 Å². The number of hydrogen-bond acceptors (Lipinski definition) is 4. The Balaban J connectivity index is 2.07. The van der Waals surface area contributed by atoms with Gasteiger partial charge in [-0.05, 0) is 18.2 Å². The largest absolute Gasteiger partial charge is 0.326 e. The Kier molecular flexibility index (Phi) is 3.87. The molecule has 0 spiro atoms. The standard InChI is InChI=1S/C12H13N5O2/c1-2-10(18)15-8-4-3-5-9(6-8)16-12(19)11-13-7-14-17-11/h3-7H,2H2,1H3,(H,15,18)(H,16,19)(H,13,14,17). The first-order valence-electron chi connectivity index (χ1n) is 5.75. The van der Waals surface area contributed by atoms with Gasteiger partial charge in [0.05, 0.1) is 0 Å². The van der Waals surface area contributed by atoms with Gasteiger partial charge in [-0.3, -0.25) is 14.7 Å². The van der Waals surface area contributed by atoms with Crippen LogP contribution in [0.3, 0.4) is 0 Å². The van der Waals surface area contributed by atoms with E-state index in [1.807, 2.05) is 0 Å². The van der Waals surface area contributed by atoms with Crippen molar-refractivity contribution in [3.63, 3.8) is 0 Å². The molecule has 0 saturated carbocycles. The van der Waals surface area contributed by atoms with Crippen LogP contribution >= 0.6 is 0 Å². The van der Waals surface area contributed by atoms with E-state index < -0.39 is 5.91 Å². The first-order chi connectivity index (χ1) is 9.19. The smallest absolute Gasteiger partial charge is 0.292 e. The summed E-state index contributed by atoms with van der Waals surface area (Å²) >= 11 is 0. The van der Waals surface area contributed by atoms with Crippen LogP contribution in [0.25, 0.3) is 0 Å². The highest BCUT2D eigenvalue weighted by molar-refractivity contribution is 6.02. The highest BCUT2D eigenvalue weighted by Gasteiger charge is 2.09.